The number of benzene rings is 1. The summed E-state index contributed by atoms with van der Waals surface area (Å²) in [4.78, 5) is 4.28. The highest BCUT2D eigenvalue weighted by atomic mass is 16.5. The van der Waals surface area contributed by atoms with Crippen molar-refractivity contribution in [2.75, 3.05) is 27.4 Å². The minimum absolute atomic E-state index is 0.694. The predicted molar refractivity (Wildman–Crippen MR) is 80.3 cm³/mol. The van der Waals surface area contributed by atoms with Gasteiger partial charge in [-0.25, -0.2) is 9.67 Å². The maximum atomic E-state index is 5.16. The smallest absolute Gasteiger partial charge is 0.140 e. The Morgan fingerprint density at radius 2 is 2.00 bits per heavy atom. The van der Waals surface area contributed by atoms with Gasteiger partial charge >= 0.3 is 0 Å². The molecule has 2 rings (SSSR count). The summed E-state index contributed by atoms with van der Waals surface area (Å²) in [5, 5.41) is 7.55. The van der Waals surface area contributed by atoms with Crippen LogP contribution < -0.4 is 10.1 Å². The largest absolute Gasteiger partial charge is 0.497 e. The van der Waals surface area contributed by atoms with E-state index in [2.05, 4.69) is 27.5 Å². The Morgan fingerprint density at radius 1 is 1.19 bits per heavy atom. The highest BCUT2D eigenvalue weighted by Crippen LogP contribution is 2.12. The summed E-state index contributed by atoms with van der Waals surface area (Å²) in [7, 11) is 3.37. The van der Waals surface area contributed by atoms with E-state index in [1.54, 1.807) is 20.5 Å². The van der Waals surface area contributed by atoms with Crippen LogP contribution in [-0.2, 0) is 24.2 Å². The number of rotatable bonds is 9. The van der Waals surface area contributed by atoms with Crippen molar-refractivity contribution in [3.8, 4) is 5.75 Å². The van der Waals surface area contributed by atoms with E-state index in [0.717, 1.165) is 31.1 Å². The van der Waals surface area contributed by atoms with Gasteiger partial charge in [-0.15, -0.1) is 0 Å². The normalized spacial score (nSPS) is 10.8. The van der Waals surface area contributed by atoms with Gasteiger partial charge in [-0.3, -0.25) is 0 Å². The van der Waals surface area contributed by atoms with Crippen LogP contribution in [0.4, 0.5) is 0 Å². The molecule has 1 aromatic heterocycles. The zero-order valence-corrected chi connectivity index (χ0v) is 12.6. The van der Waals surface area contributed by atoms with Crippen molar-refractivity contribution in [1.82, 2.24) is 20.1 Å². The van der Waals surface area contributed by atoms with Gasteiger partial charge in [-0.05, 0) is 24.1 Å². The lowest BCUT2D eigenvalue weighted by molar-refractivity contribution is 0.198. The predicted octanol–water partition coefficient (Wildman–Crippen LogP) is 1.27. The first kappa shape index (κ1) is 15.5. The van der Waals surface area contributed by atoms with E-state index in [9.17, 15) is 0 Å². The van der Waals surface area contributed by atoms with Crippen LogP contribution in [0, 0.1) is 0 Å². The van der Waals surface area contributed by atoms with Crippen molar-refractivity contribution in [3.05, 3.63) is 42.0 Å². The molecule has 2 aromatic rings. The van der Waals surface area contributed by atoms with E-state index >= 15 is 0 Å². The van der Waals surface area contributed by atoms with Gasteiger partial charge in [-0.2, -0.15) is 5.10 Å². The molecule has 1 heterocycles. The van der Waals surface area contributed by atoms with Gasteiger partial charge in [0.2, 0.25) is 0 Å². The minimum Gasteiger partial charge on any atom is -0.497 e. The Labute approximate surface area is 125 Å². The van der Waals surface area contributed by atoms with Crippen LogP contribution in [0.15, 0.2) is 30.6 Å². The summed E-state index contributed by atoms with van der Waals surface area (Å²) in [5.74, 6) is 1.82. The number of aromatic nitrogens is 3. The number of hydrogen-bond acceptors (Lipinski definition) is 5. The summed E-state index contributed by atoms with van der Waals surface area (Å²) >= 11 is 0. The molecule has 6 heteroatoms. The third-order valence-electron chi connectivity index (χ3n) is 3.23. The lowest BCUT2D eigenvalue weighted by Gasteiger charge is -2.08. The van der Waals surface area contributed by atoms with Crippen molar-refractivity contribution in [1.29, 1.82) is 0 Å². The van der Waals surface area contributed by atoms with Crippen LogP contribution in [0.3, 0.4) is 0 Å². The second-order valence-electron chi connectivity index (χ2n) is 4.67. The molecular weight excluding hydrogens is 268 g/mol. The Morgan fingerprint density at radius 3 is 2.71 bits per heavy atom. The zero-order valence-electron chi connectivity index (χ0n) is 12.6. The van der Waals surface area contributed by atoms with Gasteiger partial charge in [0, 0.05) is 20.2 Å². The summed E-state index contributed by atoms with van der Waals surface area (Å²) in [5.41, 5.74) is 1.25. The molecular formula is C15H22N4O2. The molecule has 0 bridgehead atoms. The van der Waals surface area contributed by atoms with Gasteiger partial charge in [0.05, 0.1) is 20.3 Å². The molecule has 6 nitrogen and oxygen atoms in total. The van der Waals surface area contributed by atoms with E-state index in [1.807, 2.05) is 16.8 Å². The highest BCUT2D eigenvalue weighted by Gasteiger charge is 2.04. The van der Waals surface area contributed by atoms with Gasteiger partial charge in [-0.1, -0.05) is 12.1 Å². The molecule has 0 amide bonds. The van der Waals surface area contributed by atoms with Gasteiger partial charge < -0.3 is 14.8 Å². The number of aryl methyl sites for hydroxylation is 2. The second-order valence-corrected chi connectivity index (χ2v) is 4.67. The first-order chi connectivity index (χ1) is 10.3. The number of ether oxygens (including phenoxy) is 2. The third kappa shape index (κ3) is 4.84. The van der Waals surface area contributed by atoms with Crippen molar-refractivity contribution < 1.29 is 9.47 Å². The molecule has 0 radical (unpaired) electrons. The molecule has 0 unspecified atom stereocenters. The lowest BCUT2D eigenvalue weighted by Crippen LogP contribution is -2.21. The van der Waals surface area contributed by atoms with Crippen LogP contribution in [0.1, 0.15) is 11.4 Å². The molecule has 1 aromatic carbocycles. The topological polar surface area (TPSA) is 61.2 Å². The van der Waals surface area contributed by atoms with Crippen molar-refractivity contribution in [3.63, 3.8) is 0 Å². The molecule has 1 N–H and O–H groups in total. The number of nitrogens with one attached hydrogen (secondary N) is 1. The standard InChI is InChI=1S/C15H22N4O2/c1-20-10-8-16-11-15-17-12-18-19(15)9-7-13-3-5-14(21-2)6-4-13/h3-6,12,16H,7-11H2,1-2H3. The molecule has 0 spiro atoms. The fourth-order valence-electron chi connectivity index (χ4n) is 2.01. The average molecular weight is 290 g/mol. The van der Waals surface area contributed by atoms with E-state index in [4.69, 9.17) is 9.47 Å². The Kier molecular flexibility index (Phi) is 6.18. The fourth-order valence-corrected chi connectivity index (χ4v) is 2.01. The first-order valence-electron chi connectivity index (χ1n) is 7.02. The SMILES string of the molecule is COCCNCc1ncnn1CCc1ccc(OC)cc1. The van der Waals surface area contributed by atoms with Crippen LogP contribution in [0.25, 0.3) is 0 Å². The molecule has 114 valence electrons. The molecule has 0 fully saturated rings. The first-order valence-corrected chi connectivity index (χ1v) is 7.02. The highest BCUT2D eigenvalue weighted by molar-refractivity contribution is 5.27. The van der Waals surface area contributed by atoms with Gasteiger partial charge in [0.15, 0.2) is 0 Å². The molecule has 0 saturated heterocycles. The molecule has 0 atom stereocenters. The number of nitrogens with zero attached hydrogens (tertiary/aromatic N) is 3. The molecule has 0 aliphatic carbocycles. The summed E-state index contributed by atoms with van der Waals surface area (Å²) in [6.45, 7) is 3.02. The van der Waals surface area contributed by atoms with E-state index in [0.29, 0.717) is 13.2 Å². The van der Waals surface area contributed by atoms with Crippen molar-refractivity contribution in [2.45, 2.75) is 19.5 Å². The molecule has 0 saturated carbocycles. The molecule has 0 aliphatic rings. The van der Waals surface area contributed by atoms with Crippen molar-refractivity contribution >= 4 is 0 Å². The monoisotopic (exact) mass is 290 g/mol. The Balaban J connectivity index is 1.83. The minimum atomic E-state index is 0.694. The molecule has 0 aliphatic heterocycles. The summed E-state index contributed by atoms with van der Waals surface area (Å²) < 4.78 is 12.1. The quantitative estimate of drug-likeness (QED) is 0.705. The maximum absolute atomic E-state index is 5.16. The van der Waals surface area contributed by atoms with Gasteiger partial charge in [0.1, 0.15) is 17.9 Å². The van der Waals surface area contributed by atoms with Crippen LogP contribution in [0.2, 0.25) is 0 Å². The second kappa shape index (κ2) is 8.39. The molecule has 21 heavy (non-hydrogen) atoms. The zero-order chi connectivity index (χ0) is 14.9. The van der Waals surface area contributed by atoms with Crippen molar-refractivity contribution in [2.24, 2.45) is 0 Å². The van der Waals surface area contributed by atoms with Crippen LogP contribution in [-0.4, -0.2) is 42.1 Å². The Bertz CT molecular complexity index is 525. The van der Waals surface area contributed by atoms with Gasteiger partial charge in [0.25, 0.3) is 0 Å². The van der Waals surface area contributed by atoms with E-state index in [1.165, 1.54) is 5.56 Å². The fraction of sp³-hybridized carbons (Fsp3) is 0.467. The van der Waals surface area contributed by atoms with E-state index in [-0.39, 0.29) is 0 Å². The van der Waals surface area contributed by atoms with Crippen LogP contribution in [0.5, 0.6) is 5.75 Å². The number of hydrogen-bond donors (Lipinski definition) is 1. The lowest BCUT2D eigenvalue weighted by atomic mass is 10.1. The maximum Gasteiger partial charge on any atom is 0.140 e. The Hall–Kier alpha value is -1.92. The average Bonchev–Trinajstić information content (AvgIpc) is 2.97. The summed E-state index contributed by atoms with van der Waals surface area (Å²) in [6, 6.07) is 8.10. The third-order valence-corrected chi connectivity index (χ3v) is 3.23. The summed E-state index contributed by atoms with van der Waals surface area (Å²) in [6.07, 6.45) is 2.51. The van der Waals surface area contributed by atoms with Crippen LogP contribution >= 0.6 is 0 Å². The van der Waals surface area contributed by atoms with E-state index < -0.39 is 0 Å². The number of methoxy groups -OCH3 is 2.